The molecule has 2 aromatic rings. The van der Waals surface area contributed by atoms with E-state index in [1.807, 2.05) is 25.1 Å². The monoisotopic (exact) mass is 333 g/mol. The lowest BCUT2D eigenvalue weighted by atomic mass is 9.88. The standard InChI is InChI=1S/C23H27NO/c1-5-6-8-13-20(16-24)23(19-11-9-7-10-12-19)21-15-22(25-4)18(3)14-17(21)2/h7,9-12,14-15H,5-6,8,13H2,1-4H3/b23-20+. The van der Waals surface area contributed by atoms with Crippen molar-refractivity contribution >= 4 is 5.57 Å². The molecule has 2 nitrogen and oxygen atoms in total. The quantitative estimate of drug-likeness (QED) is 0.445. The Morgan fingerprint density at radius 3 is 2.36 bits per heavy atom. The van der Waals surface area contributed by atoms with E-state index in [-0.39, 0.29) is 0 Å². The van der Waals surface area contributed by atoms with Crippen LogP contribution in [-0.2, 0) is 0 Å². The maximum Gasteiger partial charge on any atom is 0.122 e. The molecule has 25 heavy (non-hydrogen) atoms. The second-order valence-corrected chi connectivity index (χ2v) is 6.43. The predicted molar refractivity (Wildman–Crippen MR) is 105 cm³/mol. The van der Waals surface area contributed by atoms with Gasteiger partial charge in [0.2, 0.25) is 0 Å². The zero-order valence-corrected chi connectivity index (χ0v) is 15.7. The van der Waals surface area contributed by atoms with Crippen LogP contribution in [0.15, 0.2) is 48.0 Å². The van der Waals surface area contributed by atoms with E-state index >= 15 is 0 Å². The van der Waals surface area contributed by atoms with Crippen molar-refractivity contribution in [1.82, 2.24) is 0 Å². The third kappa shape index (κ3) is 4.51. The maximum atomic E-state index is 9.85. The average Bonchev–Trinajstić information content (AvgIpc) is 2.63. The van der Waals surface area contributed by atoms with Crippen LogP contribution in [0.5, 0.6) is 5.75 Å². The summed E-state index contributed by atoms with van der Waals surface area (Å²) >= 11 is 0. The summed E-state index contributed by atoms with van der Waals surface area (Å²) in [5.74, 6) is 0.861. The SMILES string of the molecule is CCCCC/C(C#N)=C(/c1ccccc1)c1cc(OC)c(C)cc1C. The van der Waals surface area contributed by atoms with Crippen LogP contribution in [0.25, 0.3) is 5.57 Å². The molecule has 0 amide bonds. The molecule has 0 aliphatic rings. The maximum absolute atomic E-state index is 9.85. The molecule has 0 aliphatic carbocycles. The van der Waals surface area contributed by atoms with Crippen LogP contribution in [0, 0.1) is 25.2 Å². The van der Waals surface area contributed by atoms with Gasteiger partial charge in [0.15, 0.2) is 0 Å². The highest BCUT2D eigenvalue weighted by molar-refractivity contribution is 5.86. The molecule has 0 aromatic heterocycles. The van der Waals surface area contributed by atoms with Crippen molar-refractivity contribution in [3.8, 4) is 11.8 Å². The fourth-order valence-electron chi connectivity index (χ4n) is 3.21. The number of rotatable bonds is 7. The van der Waals surface area contributed by atoms with E-state index in [4.69, 9.17) is 4.74 Å². The van der Waals surface area contributed by atoms with Gasteiger partial charge in [-0.2, -0.15) is 5.26 Å². The molecule has 0 radical (unpaired) electrons. The number of benzene rings is 2. The van der Waals surface area contributed by atoms with E-state index in [1.165, 1.54) is 5.56 Å². The third-order valence-corrected chi connectivity index (χ3v) is 4.54. The first-order valence-corrected chi connectivity index (χ1v) is 8.96. The van der Waals surface area contributed by atoms with E-state index in [0.29, 0.717) is 0 Å². The molecular weight excluding hydrogens is 306 g/mol. The van der Waals surface area contributed by atoms with Gasteiger partial charge in [-0.3, -0.25) is 0 Å². The van der Waals surface area contributed by atoms with Crippen molar-refractivity contribution in [1.29, 1.82) is 5.26 Å². The molecule has 0 heterocycles. The lowest BCUT2D eigenvalue weighted by Gasteiger charge is -2.17. The van der Waals surface area contributed by atoms with E-state index in [0.717, 1.165) is 59.3 Å². The smallest absolute Gasteiger partial charge is 0.122 e. The zero-order chi connectivity index (χ0) is 18.2. The second kappa shape index (κ2) is 9.08. The first-order valence-electron chi connectivity index (χ1n) is 8.96. The number of methoxy groups -OCH3 is 1. The Balaban J connectivity index is 2.66. The fraction of sp³-hybridized carbons (Fsp3) is 0.348. The molecule has 130 valence electrons. The lowest BCUT2D eigenvalue weighted by molar-refractivity contribution is 0.411. The topological polar surface area (TPSA) is 33.0 Å². The molecule has 2 aromatic carbocycles. The van der Waals surface area contributed by atoms with Crippen LogP contribution in [0.4, 0.5) is 0 Å². The Kier molecular flexibility index (Phi) is 6.83. The summed E-state index contributed by atoms with van der Waals surface area (Å²) in [6.07, 6.45) is 4.14. The van der Waals surface area contributed by atoms with Crippen molar-refractivity contribution in [2.75, 3.05) is 7.11 Å². The molecule has 0 saturated heterocycles. The Labute approximate surface area is 151 Å². The van der Waals surface area contributed by atoms with Gasteiger partial charge in [-0.05, 0) is 55.0 Å². The minimum absolute atomic E-state index is 0.810. The number of hydrogen-bond acceptors (Lipinski definition) is 2. The van der Waals surface area contributed by atoms with Crippen LogP contribution in [0.2, 0.25) is 0 Å². The van der Waals surface area contributed by atoms with Gasteiger partial charge >= 0.3 is 0 Å². The van der Waals surface area contributed by atoms with Gasteiger partial charge in [-0.15, -0.1) is 0 Å². The largest absolute Gasteiger partial charge is 0.496 e. The summed E-state index contributed by atoms with van der Waals surface area (Å²) < 4.78 is 5.53. The van der Waals surface area contributed by atoms with Crippen molar-refractivity contribution in [3.63, 3.8) is 0 Å². The Bertz CT molecular complexity index is 782. The highest BCUT2D eigenvalue weighted by atomic mass is 16.5. The van der Waals surface area contributed by atoms with Gasteiger partial charge in [0.1, 0.15) is 5.75 Å². The van der Waals surface area contributed by atoms with E-state index < -0.39 is 0 Å². The minimum Gasteiger partial charge on any atom is -0.496 e. The third-order valence-electron chi connectivity index (χ3n) is 4.54. The lowest BCUT2D eigenvalue weighted by Crippen LogP contribution is -1.99. The van der Waals surface area contributed by atoms with E-state index in [1.54, 1.807) is 7.11 Å². The molecular formula is C23H27NO. The summed E-state index contributed by atoms with van der Waals surface area (Å²) in [6, 6.07) is 16.9. The molecule has 0 aliphatic heterocycles. The number of nitrogens with zero attached hydrogens (tertiary/aromatic N) is 1. The first-order chi connectivity index (χ1) is 12.1. The van der Waals surface area contributed by atoms with Gasteiger partial charge in [0.05, 0.1) is 13.2 Å². The van der Waals surface area contributed by atoms with E-state index in [2.05, 4.69) is 44.2 Å². The molecule has 0 bridgehead atoms. The molecule has 0 fully saturated rings. The van der Waals surface area contributed by atoms with Crippen molar-refractivity contribution in [2.45, 2.75) is 46.5 Å². The number of unbranched alkanes of at least 4 members (excludes halogenated alkanes) is 2. The Morgan fingerprint density at radius 2 is 1.76 bits per heavy atom. The summed E-state index contributed by atoms with van der Waals surface area (Å²) in [6.45, 7) is 6.34. The molecule has 0 N–H and O–H groups in total. The molecule has 2 heteroatoms. The van der Waals surface area contributed by atoms with Crippen molar-refractivity contribution < 1.29 is 4.74 Å². The molecule has 2 rings (SSSR count). The van der Waals surface area contributed by atoms with E-state index in [9.17, 15) is 5.26 Å². The zero-order valence-electron chi connectivity index (χ0n) is 15.7. The van der Waals surface area contributed by atoms with Crippen LogP contribution in [0.3, 0.4) is 0 Å². The van der Waals surface area contributed by atoms with Crippen LogP contribution in [0.1, 0.15) is 54.9 Å². The second-order valence-electron chi connectivity index (χ2n) is 6.43. The average molecular weight is 333 g/mol. The highest BCUT2D eigenvalue weighted by Crippen LogP contribution is 2.34. The minimum atomic E-state index is 0.810. The summed E-state index contributed by atoms with van der Waals surface area (Å²) in [5, 5.41) is 9.85. The van der Waals surface area contributed by atoms with Crippen LogP contribution in [-0.4, -0.2) is 7.11 Å². The molecule has 0 atom stereocenters. The Morgan fingerprint density at radius 1 is 1.04 bits per heavy atom. The molecule has 0 unspecified atom stereocenters. The van der Waals surface area contributed by atoms with Crippen LogP contribution >= 0.6 is 0 Å². The number of hydrogen-bond donors (Lipinski definition) is 0. The molecule has 0 saturated carbocycles. The van der Waals surface area contributed by atoms with Crippen molar-refractivity contribution in [3.05, 3.63) is 70.3 Å². The summed E-state index contributed by atoms with van der Waals surface area (Å²) in [5.41, 5.74) is 6.34. The van der Waals surface area contributed by atoms with Gasteiger partial charge < -0.3 is 4.74 Å². The number of allylic oxidation sites excluding steroid dienone is 1. The molecule has 0 spiro atoms. The van der Waals surface area contributed by atoms with Gasteiger partial charge in [0.25, 0.3) is 0 Å². The van der Waals surface area contributed by atoms with Crippen molar-refractivity contribution in [2.24, 2.45) is 0 Å². The Hall–Kier alpha value is -2.53. The normalized spacial score (nSPS) is 11.6. The van der Waals surface area contributed by atoms with Gasteiger partial charge in [-0.1, -0.05) is 56.2 Å². The van der Waals surface area contributed by atoms with Gasteiger partial charge in [-0.25, -0.2) is 0 Å². The van der Waals surface area contributed by atoms with Crippen LogP contribution < -0.4 is 4.74 Å². The summed E-state index contributed by atoms with van der Waals surface area (Å²) in [7, 11) is 1.69. The predicted octanol–water partition coefficient (Wildman–Crippen LogP) is 6.22. The number of aryl methyl sites for hydroxylation is 2. The number of ether oxygens (including phenoxy) is 1. The number of nitriles is 1. The summed E-state index contributed by atoms with van der Waals surface area (Å²) in [4.78, 5) is 0. The highest BCUT2D eigenvalue weighted by Gasteiger charge is 2.16. The van der Waals surface area contributed by atoms with Gasteiger partial charge in [0, 0.05) is 11.1 Å². The fourth-order valence-corrected chi connectivity index (χ4v) is 3.21. The first kappa shape index (κ1) is 18.8.